The van der Waals surface area contributed by atoms with E-state index >= 15 is 0 Å². The first-order chi connectivity index (χ1) is 6.29. The van der Waals surface area contributed by atoms with E-state index in [9.17, 15) is 4.79 Å². The molecule has 0 saturated heterocycles. The lowest BCUT2D eigenvalue weighted by molar-refractivity contribution is -0.111. The molecule has 1 aliphatic heterocycles. The molecule has 0 fully saturated rings. The van der Waals surface area contributed by atoms with E-state index in [1.165, 1.54) is 0 Å². The molecule has 0 N–H and O–H groups in total. The summed E-state index contributed by atoms with van der Waals surface area (Å²) in [5.74, 6) is -0.190. The zero-order valence-corrected chi connectivity index (χ0v) is 7.32. The molecule has 3 nitrogen and oxygen atoms in total. The summed E-state index contributed by atoms with van der Waals surface area (Å²) in [7, 11) is 1.73. The fourth-order valence-corrected chi connectivity index (χ4v) is 1.35. The van der Waals surface area contributed by atoms with Crippen LogP contribution < -0.4 is 4.90 Å². The summed E-state index contributed by atoms with van der Waals surface area (Å²) >= 11 is 0. The Labute approximate surface area is 76.7 Å². The number of amides is 1. The van der Waals surface area contributed by atoms with Crippen molar-refractivity contribution in [2.45, 2.75) is 6.54 Å². The number of anilines is 1. The van der Waals surface area contributed by atoms with Crippen molar-refractivity contribution in [1.29, 1.82) is 0 Å². The lowest BCUT2D eigenvalue weighted by Crippen LogP contribution is -2.26. The van der Waals surface area contributed by atoms with Crippen molar-refractivity contribution in [3.63, 3.8) is 0 Å². The lowest BCUT2D eigenvalue weighted by atomic mass is 10.1. The van der Waals surface area contributed by atoms with Gasteiger partial charge in [-0.1, -0.05) is 18.2 Å². The zero-order chi connectivity index (χ0) is 9.26. The van der Waals surface area contributed by atoms with E-state index in [-0.39, 0.29) is 5.91 Å². The molecular formula is C10H9N2O. The second-order valence-electron chi connectivity index (χ2n) is 2.92. The molecule has 1 heterocycles. The Balaban J connectivity index is 2.52. The predicted octanol–water partition coefficient (Wildman–Crippen LogP) is 1.11. The topological polar surface area (TPSA) is 32.7 Å². The Kier molecular flexibility index (Phi) is 1.85. The molecular weight excluding hydrogens is 164 g/mol. The van der Waals surface area contributed by atoms with Gasteiger partial charge in [0.1, 0.15) is 0 Å². The molecule has 1 aliphatic rings. The number of hydrogen-bond acceptors (Lipinski definition) is 2. The molecule has 2 rings (SSSR count). The molecule has 0 unspecified atom stereocenters. The van der Waals surface area contributed by atoms with Gasteiger partial charge in [0.25, 0.3) is 5.91 Å². The van der Waals surface area contributed by atoms with E-state index in [1.54, 1.807) is 11.9 Å². The second-order valence-corrected chi connectivity index (χ2v) is 2.92. The predicted molar refractivity (Wildman–Crippen MR) is 51.0 cm³/mol. The molecule has 1 aromatic rings. The maximum Gasteiger partial charge on any atom is 0.278 e. The minimum absolute atomic E-state index is 0.190. The first-order valence-corrected chi connectivity index (χ1v) is 4.07. The fourth-order valence-electron chi connectivity index (χ4n) is 1.35. The summed E-state index contributed by atoms with van der Waals surface area (Å²) in [4.78, 5) is 16.8. The molecule has 13 heavy (non-hydrogen) atoms. The highest BCUT2D eigenvalue weighted by molar-refractivity contribution is 6.32. The van der Waals surface area contributed by atoms with Crippen LogP contribution in [0.4, 0.5) is 5.69 Å². The number of nitrogens with zero attached hydrogens (tertiary/aromatic N) is 2. The SMILES string of the molecule is CN1C(=O)[C]=NCc2ccccc21. The standard InChI is InChI=1S/C10H9N2O/c1-12-9-5-3-2-4-8(9)6-11-7-10(12)13/h2-5H,6H2,1H3. The molecule has 0 aliphatic carbocycles. The smallest absolute Gasteiger partial charge is 0.278 e. The second kappa shape index (κ2) is 3.01. The summed E-state index contributed by atoms with van der Waals surface area (Å²) in [5, 5.41) is 0. The Morgan fingerprint density at radius 3 is 3.08 bits per heavy atom. The van der Waals surface area contributed by atoms with E-state index in [0.717, 1.165) is 11.3 Å². The molecule has 0 saturated carbocycles. The van der Waals surface area contributed by atoms with Gasteiger partial charge in [0.2, 0.25) is 0 Å². The van der Waals surface area contributed by atoms with E-state index in [2.05, 4.69) is 11.2 Å². The van der Waals surface area contributed by atoms with Gasteiger partial charge in [-0.3, -0.25) is 9.79 Å². The number of benzene rings is 1. The Hall–Kier alpha value is -1.64. The van der Waals surface area contributed by atoms with Crippen molar-refractivity contribution >= 4 is 17.8 Å². The lowest BCUT2D eigenvalue weighted by Gasteiger charge is -2.15. The molecule has 0 atom stereocenters. The average molecular weight is 173 g/mol. The van der Waals surface area contributed by atoms with Crippen LogP contribution in [-0.4, -0.2) is 19.2 Å². The van der Waals surface area contributed by atoms with Crippen molar-refractivity contribution < 1.29 is 4.79 Å². The van der Waals surface area contributed by atoms with Crippen LogP contribution in [0, 0.1) is 0 Å². The molecule has 1 radical (unpaired) electrons. The van der Waals surface area contributed by atoms with Crippen LogP contribution in [0.2, 0.25) is 0 Å². The van der Waals surface area contributed by atoms with E-state index in [4.69, 9.17) is 0 Å². The van der Waals surface area contributed by atoms with Gasteiger partial charge >= 0.3 is 0 Å². The van der Waals surface area contributed by atoms with Gasteiger partial charge in [-0.15, -0.1) is 0 Å². The first-order valence-electron chi connectivity index (χ1n) is 4.07. The maximum atomic E-state index is 11.3. The van der Waals surface area contributed by atoms with Gasteiger partial charge in [-0.05, 0) is 11.6 Å². The first kappa shape index (κ1) is 7.98. The third-order valence-electron chi connectivity index (χ3n) is 2.08. The summed E-state index contributed by atoms with van der Waals surface area (Å²) in [6.45, 7) is 0.534. The summed E-state index contributed by atoms with van der Waals surface area (Å²) in [6.07, 6.45) is 2.45. The van der Waals surface area contributed by atoms with Crippen LogP contribution in [-0.2, 0) is 11.3 Å². The van der Waals surface area contributed by atoms with Crippen LogP contribution in [0.5, 0.6) is 0 Å². The normalized spacial score (nSPS) is 15.5. The quantitative estimate of drug-likeness (QED) is 0.578. The van der Waals surface area contributed by atoms with Gasteiger partial charge in [0, 0.05) is 12.7 Å². The number of carbonyl (C=O) groups is 1. The molecule has 65 valence electrons. The van der Waals surface area contributed by atoms with Crippen molar-refractivity contribution in [2.24, 2.45) is 4.99 Å². The Morgan fingerprint density at radius 1 is 1.46 bits per heavy atom. The highest BCUT2D eigenvalue weighted by atomic mass is 16.2. The van der Waals surface area contributed by atoms with Crippen molar-refractivity contribution in [2.75, 3.05) is 11.9 Å². The third-order valence-corrected chi connectivity index (χ3v) is 2.08. The van der Waals surface area contributed by atoms with Crippen LogP contribution in [0.15, 0.2) is 29.3 Å². The number of aliphatic imine (C=N–C) groups is 1. The molecule has 1 aromatic carbocycles. The van der Waals surface area contributed by atoms with E-state index in [1.807, 2.05) is 24.3 Å². The minimum atomic E-state index is -0.190. The fraction of sp³-hybridized carbons (Fsp3) is 0.200. The summed E-state index contributed by atoms with van der Waals surface area (Å²) < 4.78 is 0. The maximum absolute atomic E-state index is 11.3. The van der Waals surface area contributed by atoms with E-state index in [0.29, 0.717) is 6.54 Å². The average Bonchev–Trinajstić information content (AvgIpc) is 2.29. The van der Waals surface area contributed by atoms with Crippen LogP contribution in [0.1, 0.15) is 5.56 Å². The Morgan fingerprint density at radius 2 is 2.23 bits per heavy atom. The van der Waals surface area contributed by atoms with Gasteiger partial charge < -0.3 is 4.90 Å². The van der Waals surface area contributed by atoms with Crippen molar-refractivity contribution in [1.82, 2.24) is 0 Å². The van der Waals surface area contributed by atoms with Crippen LogP contribution >= 0.6 is 0 Å². The number of hydrogen-bond donors (Lipinski definition) is 0. The highest BCUT2D eigenvalue weighted by Crippen LogP contribution is 2.21. The Bertz CT molecular complexity index is 371. The van der Waals surface area contributed by atoms with Gasteiger partial charge in [-0.25, -0.2) is 0 Å². The molecule has 0 spiro atoms. The van der Waals surface area contributed by atoms with Crippen LogP contribution in [0.25, 0.3) is 0 Å². The number of rotatable bonds is 0. The summed E-state index contributed by atoms with van der Waals surface area (Å²) in [5.41, 5.74) is 1.98. The molecule has 0 bridgehead atoms. The van der Waals surface area contributed by atoms with Crippen LogP contribution in [0.3, 0.4) is 0 Å². The van der Waals surface area contributed by atoms with Gasteiger partial charge in [0.15, 0.2) is 6.21 Å². The van der Waals surface area contributed by atoms with E-state index < -0.39 is 0 Å². The largest absolute Gasteiger partial charge is 0.310 e. The van der Waals surface area contributed by atoms with Crippen molar-refractivity contribution in [3.8, 4) is 0 Å². The zero-order valence-electron chi connectivity index (χ0n) is 7.32. The molecule has 0 aromatic heterocycles. The number of fused-ring (bicyclic) bond motifs is 1. The van der Waals surface area contributed by atoms with Crippen molar-refractivity contribution in [3.05, 3.63) is 29.8 Å². The number of para-hydroxylation sites is 1. The van der Waals surface area contributed by atoms with Gasteiger partial charge in [-0.2, -0.15) is 0 Å². The molecule has 3 heteroatoms. The number of carbonyl (C=O) groups excluding carboxylic acids is 1. The summed E-state index contributed by atoms with van der Waals surface area (Å²) in [6, 6.07) is 7.73. The third kappa shape index (κ3) is 1.33. The molecule has 1 amide bonds. The monoisotopic (exact) mass is 173 g/mol. The minimum Gasteiger partial charge on any atom is -0.310 e. The van der Waals surface area contributed by atoms with Gasteiger partial charge in [0.05, 0.1) is 6.54 Å². The highest BCUT2D eigenvalue weighted by Gasteiger charge is 2.15.